The number of hydrogen-bond donors (Lipinski definition) is 1. The largest absolute Gasteiger partial charge is 0.337 e. The predicted octanol–water partition coefficient (Wildman–Crippen LogP) is 1.01. The monoisotopic (exact) mass is 622 g/mol. The summed E-state index contributed by atoms with van der Waals surface area (Å²) in [5.74, 6) is -0.405. The van der Waals surface area contributed by atoms with E-state index < -0.39 is 41.8 Å². The van der Waals surface area contributed by atoms with Gasteiger partial charge in [0.25, 0.3) is 0 Å². The number of anilines is 1. The predicted molar refractivity (Wildman–Crippen MR) is 154 cm³/mol. The van der Waals surface area contributed by atoms with Crippen LogP contribution in [-0.4, -0.2) is 92.5 Å². The second kappa shape index (κ2) is 12.5. The van der Waals surface area contributed by atoms with Crippen molar-refractivity contribution in [2.75, 3.05) is 49.2 Å². The number of hydrogen-bond acceptors (Lipinski definition) is 9. The minimum atomic E-state index is -4.21. The molecule has 2 aromatic rings. The second-order valence-electron chi connectivity index (χ2n) is 9.70. The lowest BCUT2D eigenvalue weighted by Gasteiger charge is -2.33. The summed E-state index contributed by atoms with van der Waals surface area (Å²) in [4.78, 5) is 17.3. The number of halogens is 1. The maximum absolute atomic E-state index is 13.6. The van der Waals surface area contributed by atoms with E-state index in [1.54, 1.807) is 31.3 Å². The lowest BCUT2D eigenvalue weighted by Crippen LogP contribution is -2.40. The Bertz CT molecular complexity index is 1480. The molecular weight excluding hydrogens is 588 g/mol. The van der Waals surface area contributed by atoms with Gasteiger partial charge < -0.3 is 10.6 Å². The molecule has 15 heteroatoms. The van der Waals surface area contributed by atoms with Crippen molar-refractivity contribution >= 4 is 53.9 Å². The Balaban J connectivity index is 0.00000533. The Morgan fingerprint density at radius 3 is 2.15 bits per heavy atom. The van der Waals surface area contributed by atoms with Crippen LogP contribution in [-0.2, 0) is 41.1 Å². The lowest BCUT2D eigenvalue weighted by molar-refractivity contribution is -0.131. The number of amides is 1. The molecule has 0 radical (unpaired) electrons. The summed E-state index contributed by atoms with van der Waals surface area (Å²) in [5.41, 5.74) is 6.78. The van der Waals surface area contributed by atoms with E-state index in [1.165, 1.54) is 29.2 Å². The third kappa shape index (κ3) is 8.38. The molecule has 2 N–H and O–H groups in total. The molecule has 11 nitrogen and oxygen atoms in total. The Labute approximate surface area is 237 Å². The average Bonchev–Trinajstić information content (AvgIpc) is 3.20. The van der Waals surface area contributed by atoms with Crippen LogP contribution in [0.5, 0.6) is 0 Å². The van der Waals surface area contributed by atoms with Gasteiger partial charge in [0.1, 0.15) is 0 Å². The smallest absolute Gasteiger partial charge is 0.245 e. The van der Waals surface area contributed by atoms with Crippen molar-refractivity contribution in [3.8, 4) is 0 Å². The van der Waals surface area contributed by atoms with Gasteiger partial charge in [0.2, 0.25) is 26.0 Å². The van der Waals surface area contributed by atoms with Crippen LogP contribution >= 0.6 is 12.4 Å². The normalized spacial score (nSPS) is 17.3. The summed E-state index contributed by atoms with van der Waals surface area (Å²) in [6.45, 7) is 1.76. The molecule has 1 heterocycles. The van der Waals surface area contributed by atoms with Crippen molar-refractivity contribution in [1.82, 2.24) is 9.80 Å². The number of rotatable bonds is 10. The molecule has 0 spiro atoms. The number of sulfonamides is 2. The zero-order valence-electron chi connectivity index (χ0n) is 22.2. The number of nitrogens with zero attached hydrogens (tertiary/aromatic N) is 3. The van der Waals surface area contributed by atoms with E-state index in [0.717, 1.165) is 31.7 Å². The zero-order chi connectivity index (χ0) is 28.5. The third-order valence-corrected chi connectivity index (χ3v) is 10.7. The first-order chi connectivity index (χ1) is 17.5. The van der Waals surface area contributed by atoms with Crippen LogP contribution < -0.4 is 9.44 Å². The average molecular weight is 623 g/mol. The summed E-state index contributed by atoms with van der Waals surface area (Å²) < 4.78 is 74.2. The van der Waals surface area contributed by atoms with E-state index in [1.807, 2.05) is 0 Å². The molecule has 0 aliphatic carbocycles. The Morgan fingerprint density at radius 2 is 1.62 bits per heavy atom. The van der Waals surface area contributed by atoms with Gasteiger partial charge in [0, 0.05) is 32.4 Å². The van der Waals surface area contributed by atoms with Gasteiger partial charge in [-0.3, -0.25) is 9.69 Å². The minimum Gasteiger partial charge on any atom is -0.337 e. The van der Waals surface area contributed by atoms with Crippen molar-refractivity contribution in [2.24, 2.45) is 5.73 Å². The van der Waals surface area contributed by atoms with E-state index in [-0.39, 0.29) is 41.0 Å². The summed E-state index contributed by atoms with van der Waals surface area (Å²) in [6, 6.07) is 11.8. The first kappa shape index (κ1) is 33.0. The number of nitrogens with two attached hydrogens (primary N) is 1. The van der Waals surface area contributed by atoms with Gasteiger partial charge in [0.05, 0.1) is 35.6 Å². The van der Waals surface area contributed by atoms with Crippen LogP contribution in [0.1, 0.15) is 23.6 Å². The van der Waals surface area contributed by atoms with Gasteiger partial charge in [-0.05, 0) is 42.3 Å². The van der Waals surface area contributed by atoms with Gasteiger partial charge in [0.15, 0.2) is 9.84 Å². The molecule has 0 unspecified atom stereocenters. The van der Waals surface area contributed by atoms with E-state index in [9.17, 15) is 30.0 Å². The second-order valence-corrected chi connectivity index (χ2v) is 15.6. The highest BCUT2D eigenvalue weighted by Crippen LogP contribution is 2.29. The molecule has 39 heavy (non-hydrogen) atoms. The number of para-hydroxylation sites is 1. The molecule has 2 aromatic carbocycles. The highest BCUT2D eigenvalue weighted by Gasteiger charge is 2.32. The summed E-state index contributed by atoms with van der Waals surface area (Å²) >= 11 is 0. The van der Waals surface area contributed by atoms with Gasteiger partial charge in [-0.1, -0.05) is 30.3 Å². The quantitative estimate of drug-likeness (QED) is 0.409. The van der Waals surface area contributed by atoms with E-state index in [0.29, 0.717) is 22.4 Å². The third-order valence-electron chi connectivity index (χ3n) is 6.40. The molecule has 218 valence electrons. The van der Waals surface area contributed by atoms with E-state index >= 15 is 0 Å². The Hall–Kier alpha value is -2.23. The standard InChI is InChI=1S/C24H34N4O7S3.ClH/c1-26(24(29)15-19-8-5-6-11-22(19)28(37(3,32)33)38(4,34)35)23(17-27-13-12-20(25)16-27)18-9-7-10-21(14-18)36(2,30)31;/h5-11,14,20,23H,12-13,15-17,25H2,1-4H3;1H/t20-,23+;/m0./s1. The number of likely N-dealkylation sites (N-methyl/N-ethyl adjacent to an activating group) is 1. The number of likely N-dealkylation sites (tertiary alicyclic amines) is 1. The van der Waals surface area contributed by atoms with Crippen LogP contribution in [0.4, 0.5) is 5.69 Å². The maximum atomic E-state index is 13.6. The van der Waals surface area contributed by atoms with Crippen molar-refractivity contribution in [1.29, 1.82) is 0 Å². The van der Waals surface area contributed by atoms with Crippen LogP contribution in [0.3, 0.4) is 0 Å². The Kier molecular flexibility index (Phi) is 10.6. The fourth-order valence-corrected chi connectivity index (χ4v) is 8.29. The van der Waals surface area contributed by atoms with Crippen LogP contribution in [0.2, 0.25) is 0 Å². The fourth-order valence-electron chi connectivity index (χ4n) is 4.58. The van der Waals surface area contributed by atoms with E-state index in [4.69, 9.17) is 5.73 Å². The number of benzene rings is 2. The fraction of sp³-hybridized carbons (Fsp3) is 0.458. The van der Waals surface area contributed by atoms with Crippen molar-refractivity contribution < 1.29 is 30.0 Å². The van der Waals surface area contributed by atoms with Gasteiger partial charge in [-0.2, -0.15) is 3.71 Å². The van der Waals surface area contributed by atoms with Gasteiger partial charge in [-0.25, -0.2) is 25.3 Å². The molecule has 0 bridgehead atoms. The molecule has 2 atom stereocenters. The first-order valence-electron chi connectivity index (χ1n) is 11.8. The van der Waals surface area contributed by atoms with Crippen molar-refractivity contribution in [3.05, 3.63) is 59.7 Å². The molecule has 1 saturated heterocycles. The SMILES string of the molecule is CN(C(=O)Cc1ccccc1N(S(C)(=O)=O)S(C)(=O)=O)[C@H](CN1CC[C@H](N)C1)c1cccc(S(C)(=O)=O)c1.Cl. The molecule has 1 fully saturated rings. The minimum absolute atomic E-state index is 0. The molecule has 0 aromatic heterocycles. The lowest BCUT2D eigenvalue weighted by atomic mass is 10.0. The first-order valence-corrected chi connectivity index (χ1v) is 17.4. The van der Waals surface area contributed by atoms with Crippen LogP contribution in [0, 0.1) is 0 Å². The zero-order valence-corrected chi connectivity index (χ0v) is 25.5. The maximum Gasteiger partial charge on any atom is 0.245 e. The topological polar surface area (TPSA) is 155 Å². The van der Waals surface area contributed by atoms with E-state index in [2.05, 4.69) is 4.90 Å². The molecule has 1 aliphatic heterocycles. The summed E-state index contributed by atoms with van der Waals surface area (Å²) in [6.07, 6.45) is 3.19. The van der Waals surface area contributed by atoms with Gasteiger partial charge in [-0.15, -0.1) is 12.4 Å². The molecule has 1 amide bonds. The van der Waals surface area contributed by atoms with Crippen molar-refractivity contribution in [2.45, 2.75) is 29.8 Å². The number of carbonyl (C=O) groups excluding carboxylic acids is 1. The van der Waals surface area contributed by atoms with Crippen LogP contribution in [0.15, 0.2) is 53.4 Å². The highest BCUT2D eigenvalue weighted by atomic mass is 35.5. The Morgan fingerprint density at radius 1 is 1.00 bits per heavy atom. The van der Waals surface area contributed by atoms with Crippen molar-refractivity contribution in [3.63, 3.8) is 0 Å². The van der Waals surface area contributed by atoms with Crippen LogP contribution in [0.25, 0.3) is 0 Å². The summed E-state index contributed by atoms with van der Waals surface area (Å²) in [7, 11) is -10.3. The summed E-state index contributed by atoms with van der Waals surface area (Å²) in [5, 5.41) is 0. The number of sulfone groups is 1. The molecular formula is C24H35ClN4O7S3. The number of carbonyl (C=O) groups is 1. The highest BCUT2D eigenvalue weighted by molar-refractivity contribution is 8.09. The van der Waals surface area contributed by atoms with Gasteiger partial charge >= 0.3 is 0 Å². The molecule has 1 aliphatic rings. The molecule has 0 saturated carbocycles. The molecule has 3 rings (SSSR count).